The van der Waals surface area contributed by atoms with Crippen molar-refractivity contribution in [3.05, 3.63) is 42.5 Å². The van der Waals surface area contributed by atoms with Gasteiger partial charge in [-0.2, -0.15) is 0 Å². The second-order valence-corrected chi connectivity index (χ2v) is 9.34. The van der Waals surface area contributed by atoms with Gasteiger partial charge in [0.05, 0.1) is 15.5 Å². The molecule has 0 saturated heterocycles. The number of aryl methyl sites for hydroxylation is 2. The number of nitrogens with one attached hydrogen (secondary N) is 1. The van der Waals surface area contributed by atoms with Gasteiger partial charge in [0.25, 0.3) is 0 Å². The van der Waals surface area contributed by atoms with Crippen molar-refractivity contribution in [1.29, 1.82) is 0 Å². The summed E-state index contributed by atoms with van der Waals surface area (Å²) in [6, 6.07) is 5.26. The van der Waals surface area contributed by atoms with E-state index in [0.717, 1.165) is 5.82 Å². The molecule has 2 aromatic rings. The molecule has 0 aliphatic heterocycles. The van der Waals surface area contributed by atoms with Gasteiger partial charge in [-0.15, -0.1) is 0 Å². The highest BCUT2D eigenvalue weighted by molar-refractivity contribution is 7.91. The van der Waals surface area contributed by atoms with Crippen LogP contribution in [0.1, 0.15) is 19.2 Å². The van der Waals surface area contributed by atoms with Gasteiger partial charge in [0, 0.05) is 25.5 Å². The van der Waals surface area contributed by atoms with Crippen LogP contribution >= 0.6 is 0 Å². The summed E-state index contributed by atoms with van der Waals surface area (Å²) in [6.45, 7) is 4.39. The Bertz CT molecular complexity index is 885. The smallest absolute Gasteiger partial charge is 0.240 e. The second-order valence-electron chi connectivity index (χ2n) is 5.29. The third-order valence-electron chi connectivity index (χ3n) is 3.66. The zero-order chi connectivity index (χ0) is 17.8. The van der Waals surface area contributed by atoms with Gasteiger partial charge in [0.1, 0.15) is 5.82 Å². The molecule has 1 aromatic carbocycles. The molecular weight excluding hydrogens is 350 g/mol. The molecule has 0 unspecified atom stereocenters. The Labute approximate surface area is 142 Å². The Morgan fingerprint density at radius 2 is 1.71 bits per heavy atom. The number of hydrogen-bond donors (Lipinski definition) is 1. The van der Waals surface area contributed by atoms with E-state index in [-0.39, 0.29) is 22.1 Å². The molecule has 9 heteroatoms. The number of rotatable bonds is 8. The van der Waals surface area contributed by atoms with E-state index in [9.17, 15) is 16.8 Å². The van der Waals surface area contributed by atoms with E-state index in [1.165, 1.54) is 24.3 Å². The highest BCUT2D eigenvalue weighted by Gasteiger charge is 2.16. The number of hydrogen-bond acceptors (Lipinski definition) is 5. The molecule has 1 aromatic heterocycles. The number of imidazole rings is 1. The lowest BCUT2D eigenvalue weighted by molar-refractivity contribution is 0.567. The van der Waals surface area contributed by atoms with Gasteiger partial charge in [0.15, 0.2) is 9.84 Å². The van der Waals surface area contributed by atoms with Crippen LogP contribution in [-0.4, -0.2) is 38.7 Å². The maximum atomic E-state index is 12.2. The summed E-state index contributed by atoms with van der Waals surface area (Å²) in [7, 11) is -6.98. The van der Waals surface area contributed by atoms with Crippen molar-refractivity contribution >= 4 is 19.9 Å². The van der Waals surface area contributed by atoms with Crippen molar-refractivity contribution in [2.24, 2.45) is 0 Å². The zero-order valence-corrected chi connectivity index (χ0v) is 15.3. The third-order valence-corrected chi connectivity index (χ3v) is 6.89. The van der Waals surface area contributed by atoms with Gasteiger partial charge in [0.2, 0.25) is 10.0 Å². The fourth-order valence-corrected chi connectivity index (χ4v) is 4.13. The molecule has 0 aliphatic carbocycles. The Hall–Kier alpha value is -1.71. The van der Waals surface area contributed by atoms with Crippen LogP contribution in [0, 0.1) is 6.92 Å². The average molecular weight is 371 g/mol. The molecule has 132 valence electrons. The highest BCUT2D eigenvalue weighted by Crippen LogP contribution is 2.15. The molecule has 0 atom stereocenters. The number of benzene rings is 1. The monoisotopic (exact) mass is 371 g/mol. The van der Waals surface area contributed by atoms with Crippen LogP contribution in [0.4, 0.5) is 0 Å². The SMILES string of the molecule is CCS(=O)(=O)c1ccc(S(=O)(=O)NCCCn2ccnc2C)cc1. The minimum absolute atomic E-state index is 0.0228. The number of sulfone groups is 1. The van der Waals surface area contributed by atoms with Crippen LogP contribution in [0.3, 0.4) is 0 Å². The van der Waals surface area contributed by atoms with Crippen molar-refractivity contribution in [2.45, 2.75) is 36.6 Å². The molecule has 0 spiro atoms. The van der Waals surface area contributed by atoms with Crippen molar-refractivity contribution < 1.29 is 16.8 Å². The molecule has 7 nitrogen and oxygen atoms in total. The Balaban J connectivity index is 1.96. The maximum Gasteiger partial charge on any atom is 0.240 e. The van der Waals surface area contributed by atoms with Gasteiger partial charge in [-0.25, -0.2) is 26.5 Å². The summed E-state index contributed by atoms with van der Waals surface area (Å²) in [5.41, 5.74) is 0. The normalized spacial score (nSPS) is 12.4. The van der Waals surface area contributed by atoms with Crippen molar-refractivity contribution in [2.75, 3.05) is 12.3 Å². The van der Waals surface area contributed by atoms with E-state index >= 15 is 0 Å². The first-order valence-electron chi connectivity index (χ1n) is 7.56. The van der Waals surface area contributed by atoms with Gasteiger partial charge in [-0.05, 0) is 37.6 Å². The maximum absolute atomic E-state index is 12.2. The van der Waals surface area contributed by atoms with Crippen molar-refractivity contribution in [3.63, 3.8) is 0 Å². The van der Waals surface area contributed by atoms with Gasteiger partial charge < -0.3 is 4.57 Å². The van der Waals surface area contributed by atoms with E-state index in [4.69, 9.17) is 0 Å². The summed E-state index contributed by atoms with van der Waals surface area (Å²) in [4.78, 5) is 4.28. The number of sulfonamides is 1. The Morgan fingerprint density at radius 1 is 1.08 bits per heavy atom. The van der Waals surface area contributed by atoms with Gasteiger partial charge in [-0.3, -0.25) is 0 Å². The first-order valence-corrected chi connectivity index (χ1v) is 10.7. The first kappa shape index (κ1) is 18.6. The van der Waals surface area contributed by atoms with E-state index in [1.807, 2.05) is 17.7 Å². The molecular formula is C15H21N3O4S2. The lowest BCUT2D eigenvalue weighted by Gasteiger charge is -2.09. The second kappa shape index (κ2) is 7.45. The Morgan fingerprint density at radius 3 is 2.25 bits per heavy atom. The summed E-state index contributed by atoms with van der Waals surface area (Å²) in [5.74, 6) is 0.857. The summed E-state index contributed by atoms with van der Waals surface area (Å²) in [5, 5.41) is 0. The Kier molecular flexibility index (Phi) is 5.79. The van der Waals surface area contributed by atoms with Crippen molar-refractivity contribution in [3.8, 4) is 0 Å². The van der Waals surface area contributed by atoms with E-state index < -0.39 is 19.9 Å². The fraction of sp³-hybridized carbons (Fsp3) is 0.400. The number of aromatic nitrogens is 2. The lowest BCUT2D eigenvalue weighted by Crippen LogP contribution is -2.25. The average Bonchev–Trinajstić information content (AvgIpc) is 2.97. The molecule has 0 amide bonds. The zero-order valence-electron chi connectivity index (χ0n) is 13.6. The predicted molar refractivity (Wildman–Crippen MR) is 90.9 cm³/mol. The molecule has 2 rings (SSSR count). The minimum atomic E-state index is -3.65. The van der Waals surface area contributed by atoms with Crippen LogP contribution in [-0.2, 0) is 26.4 Å². The van der Waals surface area contributed by atoms with Crippen LogP contribution < -0.4 is 4.72 Å². The first-order chi connectivity index (χ1) is 11.3. The topological polar surface area (TPSA) is 98.1 Å². The standard InChI is InChI=1S/C15H21N3O4S2/c1-3-23(19,20)14-5-7-15(8-6-14)24(21,22)17-9-4-11-18-12-10-16-13(18)2/h5-8,10,12,17H,3-4,9,11H2,1-2H3. The molecule has 0 bridgehead atoms. The molecule has 24 heavy (non-hydrogen) atoms. The van der Waals surface area contributed by atoms with Crippen LogP contribution in [0.25, 0.3) is 0 Å². The molecule has 1 heterocycles. The van der Waals surface area contributed by atoms with Crippen LogP contribution in [0.5, 0.6) is 0 Å². The summed E-state index contributed by atoms with van der Waals surface area (Å²) >= 11 is 0. The van der Waals surface area contributed by atoms with Crippen LogP contribution in [0.15, 0.2) is 46.5 Å². The summed E-state index contributed by atoms with van der Waals surface area (Å²) < 4.78 is 52.4. The lowest BCUT2D eigenvalue weighted by atomic mass is 10.4. The quantitative estimate of drug-likeness (QED) is 0.707. The largest absolute Gasteiger partial charge is 0.335 e. The number of nitrogens with zero attached hydrogens (tertiary/aromatic N) is 2. The van der Waals surface area contributed by atoms with Gasteiger partial charge in [-0.1, -0.05) is 6.92 Å². The molecule has 0 aliphatic rings. The van der Waals surface area contributed by atoms with Crippen LogP contribution in [0.2, 0.25) is 0 Å². The molecule has 0 radical (unpaired) electrons. The fourth-order valence-electron chi connectivity index (χ4n) is 2.17. The predicted octanol–water partition coefficient (Wildman–Crippen LogP) is 1.35. The molecule has 0 fully saturated rings. The summed E-state index contributed by atoms with van der Waals surface area (Å²) in [6.07, 6.45) is 4.17. The highest BCUT2D eigenvalue weighted by atomic mass is 32.2. The van der Waals surface area contributed by atoms with E-state index in [2.05, 4.69) is 9.71 Å². The van der Waals surface area contributed by atoms with Gasteiger partial charge >= 0.3 is 0 Å². The molecule has 0 saturated carbocycles. The van der Waals surface area contributed by atoms with E-state index in [0.29, 0.717) is 13.0 Å². The third kappa shape index (κ3) is 4.43. The molecule has 1 N–H and O–H groups in total. The van der Waals surface area contributed by atoms with Crippen molar-refractivity contribution in [1.82, 2.24) is 14.3 Å². The van der Waals surface area contributed by atoms with E-state index in [1.54, 1.807) is 13.1 Å². The minimum Gasteiger partial charge on any atom is -0.335 e.